The Morgan fingerprint density at radius 3 is 1.00 bits per heavy atom. The van der Waals surface area contributed by atoms with Gasteiger partial charge in [0.05, 0.1) is 6.54 Å². The minimum absolute atomic E-state index is 1.20. The van der Waals surface area contributed by atoms with Gasteiger partial charge in [-0.05, 0) is 19.3 Å². The van der Waals surface area contributed by atoms with Crippen LogP contribution in [0.25, 0.3) is 0 Å². The van der Waals surface area contributed by atoms with Crippen molar-refractivity contribution >= 4 is 0 Å². The second kappa shape index (κ2) is 33.1. The number of aromatic nitrogens is 2. The van der Waals surface area contributed by atoms with E-state index in [0.717, 1.165) is 0 Å². The first-order valence-electron chi connectivity index (χ1n) is 19.9. The fourth-order valence-corrected chi connectivity index (χ4v) is 6.67. The molecule has 0 bridgehead atoms. The number of hydrogen-bond acceptors (Lipinski definition) is 0. The summed E-state index contributed by atoms with van der Waals surface area (Å²) in [7, 11) is 0. The summed E-state index contributed by atoms with van der Waals surface area (Å²) in [4.78, 5) is 3.37. The number of nitrogens with one attached hydrogen (secondary N) is 1. The molecule has 1 aromatic rings. The van der Waals surface area contributed by atoms with Crippen LogP contribution in [0.4, 0.5) is 0 Å². The van der Waals surface area contributed by atoms with Gasteiger partial charge in [-0.3, -0.25) is 0 Å². The second-order valence-corrected chi connectivity index (χ2v) is 13.8. The van der Waals surface area contributed by atoms with Crippen LogP contribution >= 0.6 is 0 Å². The van der Waals surface area contributed by atoms with E-state index in [1.54, 1.807) is 0 Å². The second-order valence-electron chi connectivity index (χ2n) is 13.8. The van der Waals surface area contributed by atoms with Crippen LogP contribution in [-0.4, -0.2) is 4.98 Å². The molecule has 0 atom stereocenters. The van der Waals surface area contributed by atoms with Gasteiger partial charge in [-0.1, -0.05) is 206 Å². The minimum atomic E-state index is 1.20. The highest BCUT2D eigenvalue weighted by Gasteiger charge is 2.08. The van der Waals surface area contributed by atoms with Crippen LogP contribution in [0.1, 0.15) is 231 Å². The largest absolute Gasteiger partial charge is 0.250 e. The molecule has 2 heteroatoms. The van der Waals surface area contributed by atoms with Gasteiger partial charge in [0.25, 0.3) is 0 Å². The summed E-state index contributed by atoms with van der Waals surface area (Å²) in [6.07, 6.45) is 53.5. The summed E-state index contributed by atoms with van der Waals surface area (Å²) in [5.74, 6) is 0. The maximum absolute atomic E-state index is 3.37. The number of aromatic amines is 1. The summed E-state index contributed by atoms with van der Waals surface area (Å²) in [5, 5.41) is 0. The van der Waals surface area contributed by atoms with Crippen LogP contribution in [-0.2, 0) is 13.0 Å². The smallest absolute Gasteiger partial charge is 0.241 e. The molecule has 0 aliphatic rings. The van der Waals surface area contributed by atoms with E-state index in [4.69, 9.17) is 0 Å². The van der Waals surface area contributed by atoms with Gasteiger partial charge in [0.1, 0.15) is 11.9 Å². The van der Waals surface area contributed by atoms with E-state index >= 15 is 0 Å². The maximum atomic E-state index is 3.37. The number of aryl methyl sites for hydroxylation is 2. The summed E-state index contributed by atoms with van der Waals surface area (Å²) in [5.41, 5.74) is 1.52. The Bertz CT molecular complexity index is 621. The molecule has 0 fully saturated rings. The maximum Gasteiger partial charge on any atom is 0.241 e. The molecular formula is C40H79N2+. The predicted molar refractivity (Wildman–Crippen MR) is 188 cm³/mol. The third kappa shape index (κ3) is 26.8. The molecule has 1 heterocycles. The van der Waals surface area contributed by atoms with Crippen LogP contribution in [0.3, 0.4) is 0 Å². The molecule has 1 N–H and O–H groups in total. The normalized spacial score (nSPS) is 11.6. The fourth-order valence-electron chi connectivity index (χ4n) is 6.67. The Hall–Kier alpha value is -0.790. The van der Waals surface area contributed by atoms with Crippen molar-refractivity contribution < 1.29 is 4.57 Å². The fraction of sp³-hybridized carbons (Fsp3) is 0.925. The molecule has 42 heavy (non-hydrogen) atoms. The van der Waals surface area contributed by atoms with Gasteiger partial charge in [-0.25, -0.2) is 9.55 Å². The van der Waals surface area contributed by atoms with Crippen LogP contribution < -0.4 is 4.57 Å². The zero-order valence-corrected chi connectivity index (χ0v) is 29.4. The van der Waals surface area contributed by atoms with Gasteiger partial charge < -0.3 is 0 Å². The summed E-state index contributed by atoms with van der Waals surface area (Å²) < 4.78 is 2.50. The zero-order chi connectivity index (χ0) is 30.0. The van der Waals surface area contributed by atoms with Crippen molar-refractivity contribution in [1.29, 1.82) is 0 Å². The van der Waals surface area contributed by atoms with Crippen LogP contribution in [0.15, 0.2) is 12.5 Å². The average molecular weight is 588 g/mol. The van der Waals surface area contributed by atoms with Crippen molar-refractivity contribution in [3.8, 4) is 0 Å². The number of nitrogens with zero attached hydrogens (tertiary/aromatic N) is 1. The first-order chi connectivity index (χ1) is 20.9. The van der Waals surface area contributed by atoms with Crippen LogP contribution in [0.2, 0.25) is 0 Å². The van der Waals surface area contributed by atoms with Crippen molar-refractivity contribution in [2.75, 3.05) is 0 Å². The quantitative estimate of drug-likeness (QED) is 0.0602. The van der Waals surface area contributed by atoms with Gasteiger partial charge in [0.2, 0.25) is 6.33 Å². The minimum Gasteiger partial charge on any atom is -0.250 e. The van der Waals surface area contributed by atoms with Crippen molar-refractivity contribution in [3.63, 3.8) is 0 Å². The third-order valence-electron chi connectivity index (χ3n) is 9.64. The van der Waals surface area contributed by atoms with Crippen molar-refractivity contribution in [3.05, 3.63) is 18.2 Å². The molecule has 0 saturated heterocycles. The summed E-state index contributed by atoms with van der Waals surface area (Å²) in [6.45, 7) is 5.82. The first kappa shape index (κ1) is 39.2. The van der Waals surface area contributed by atoms with E-state index in [9.17, 15) is 0 Å². The molecule has 2 nitrogen and oxygen atoms in total. The molecule has 0 aliphatic heterocycles. The lowest BCUT2D eigenvalue weighted by atomic mass is 10.0. The molecule has 0 unspecified atom stereocenters. The van der Waals surface area contributed by atoms with E-state index in [1.807, 2.05) is 0 Å². The topological polar surface area (TPSA) is 19.7 Å². The Labute approximate surface area is 266 Å². The van der Waals surface area contributed by atoms with Crippen molar-refractivity contribution in [2.45, 2.75) is 239 Å². The Balaban J connectivity index is 1.81. The van der Waals surface area contributed by atoms with E-state index in [-0.39, 0.29) is 0 Å². The van der Waals surface area contributed by atoms with Gasteiger partial charge in [0, 0.05) is 6.42 Å². The molecule has 0 aliphatic carbocycles. The van der Waals surface area contributed by atoms with Crippen LogP contribution in [0, 0.1) is 0 Å². The van der Waals surface area contributed by atoms with Crippen molar-refractivity contribution in [2.24, 2.45) is 0 Å². The molecular weight excluding hydrogens is 508 g/mol. The van der Waals surface area contributed by atoms with E-state index < -0.39 is 0 Å². The molecule has 0 aromatic carbocycles. The summed E-state index contributed by atoms with van der Waals surface area (Å²) in [6, 6.07) is 0. The molecule has 1 aromatic heterocycles. The Morgan fingerprint density at radius 1 is 0.381 bits per heavy atom. The molecule has 0 saturated carbocycles. The van der Waals surface area contributed by atoms with Gasteiger partial charge >= 0.3 is 0 Å². The Morgan fingerprint density at radius 2 is 0.667 bits per heavy atom. The average Bonchev–Trinajstić information content (AvgIpc) is 3.45. The van der Waals surface area contributed by atoms with Gasteiger partial charge in [-0.2, -0.15) is 0 Å². The first-order valence-corrected chi connectivity index (χ1v) is 19.9. The van der Waals surface area contributed by atoms with E-state index in [1.165, 1.54) is 231 Å². The SMILES string of the molecule is CCCCCCCCCCCCCCCCCCCc1c[nH]c[n+]1CCCCCCCCCCCCCCCCCC. The number of imidazole rings is 1. The zero-order valence-electron chi connectivity index (χ0n) is 29.4. The lowest BCUT2D eigenvalue weighted by Gasteiger charge is -2.05. The third-order valence-corrected chi connectivity index (χ3v) is 9.64. The summed E-state index contributed by atoms with van der Waals surface area (Å²) >= 11 is 0. The lowest BCUT2D eigenvalue weighted by molar-refractivity contribution is -0.703. The number of H-pyrrole nitrogens is 1. The highest BCUT2D eigenvalue weighted by atomic mass is 15.0. The molecule has 0 spiro atoms. The number of hydrogen-bond donors (Lipinski definition) is 1. The van der Waals surface area contributed by atoms with Crippen molar-refractivity contribution in [1.82, 2.24) is 4.98 Å². The molecule has 0 amide bonds. The molecule has 248 valence electrons. The van der Waals surface area contributed by atoms with Gasteiger partial charge in [0.15, 0.2) is 0 Å². The number of rotatable bonds is 35. The highest BCUT2D eigenvalue weighted by Crippen LogP contribution is 2.16. The predicted octanol–water partition coefficient (Wildman–Crippen LogP) is 13.8. The highest BCUT2D eigenvalue weighted by molar-refractivity contribution is 4.86. The van der Waals surface area contributed by atoms with Gasteiger partial charge in [-0.15, -0.1) is 0 Å². The molecule has 1 rings (SSSR count). The lowest BCUT2D eigenvalue weighted by Crippen LogP contribution is -2.35. The van der Waals surface area contributed by atoms with E-state index in [0.29, 0.717) is 0 Å². The number of unbranched alkanes of at least 4 members (excludes halogenated alkanes) is 31. The standard InChI is InChI=1S/C40H78N2/c1-3-5-7-9-11-13-15-17-19-21-22-24-26-28-30-32-34-36-40-38-41-39-42(40)37-35-33-31-29-27-25-23-20-18-16-14-12-10-8-6-4-2/h38-39H,3-37H2,1-2H3/p+1. The Kier molecular flexibility index (Phi) is 30.9. The van der Waals surface area contributed by atoms with E-state index in [2.05, 4.69) is 35.9 Å². The van der Waals surface area contributed by atoms with Crippen LogP contribution in [0.5, 0.6) is 0 Å². The monoisotopic (exact) mass is 588 g/mol. The molecule has 0 radical (unpaired) electrons.